The lowest BCUT2D eigenvalue weighted by Crippen LogP contribution is -2.19. The number of rotatable bonds is 3. The zero-order valence-corrected chi connectivity index (χ0v) is 11.1. The molecule has 0 unspecified atom stereocenters. The maximum absolute atomic E-state index is 12.2. The smallest absolute Gasteiger partial charge is 0.478 e. The second-order valence-corrected chi connectivity index (χ2v) is 4.51. The lowest BCUT2D eigenvalue weighted by Gasteiger charge is -2.12. The van der Waals surface area contributed by atoms with Crippen molar-refractivity contribution >= 4 is 17.6 Å². The van der Waals surface area contributed by atoms with E-state index in [0.29, 0.717) is 16.1 Å². The van der Waals surface area contributed by atoms with Crippen molar-refractivity contribution in [2.24, 2.45) is 0 Å². The molecule has 2 aromatic rings. The predicted octanol–water partition coefficient (Wildman–Crippen LogP) is 4.60. The summed E-state index contributed by atoms with van der Waals surface area (Å²) >= 11 is 5.83. The number of hydrogen-bond donors (Lipinski definition) is 1. The molecule has 0 radical (unpaired) electrons. The summed E-state index contributed by atoms with van der Waals surface area (Å²) in [6, 6.07) is 9.92. The normalized spacial score (nSPS) is 11.2. The second-order valence-electron chi connectivity index (χ2n) is 4.07. The number of carboxylic acid groups (broad SMARTS) is 1. The first-order valence-corrected chi connectivity index (χ1v) is 6.03. The largest absolute Gasteiger partial charge is 0.573 e. The lowest BCUT2D eigenvalue weighted by molar-refractivity contribution is -0.274. The molecule has 3 nitrogen and oxygen atoms in total. The quantitative estimate of drug-likeness (QED) is 0.900. The molecule has 0 saturated carbocycles. The first-order valence-electron chi connectivity index (χ1n) is 5.65. The van der Waals surface area contributed by atoms with Crippen molar-refractivity contribution in [3.63, 3.8) is 0 Å². The fourth-order valence-electron chi connectivity index (χ4n) is 1.76. The number of benzene rings is 2. The first kappa shape index (κ1) is 15.2. The first-order chi connectivity index (χ1) is 9.76. The summed E-state index contributed by atoms with van der Waals surface area (Å²) < 4.78 is 40.4. The van der Waals surface area contributed by atoms with E-state index >= 15 is 0 Å². The maximum Gasteiger partial charge on any atom is 0.573 e. The maximum atomic E-state index is 12.2. The minimum atomic E-state index is -4.96. The molecule has 7 heteroatoms. The van der Waals surface area contributed by atoms with Crippen LogP contribution in [0.25, 0.3) is 11.1 Å². The minimum Gasteiger partial charge on any atom is -0.478 e. The zero-order chi connectivity index (χ0) is 15.6. The standard InChI is InChI=1S/C14H8ClF3O3/c15-10-3-1-2-8(6-10)9-4-5-12(21-14(16,17)18)11(7-9)13(19)20/h1-7H,(H,19,20). The minimum absolute atomic E-state index is 0.421. The van der Waals surface area contributed by atoms with Gasteiger partial charge in [-0.05, 0) is 35.4 Å². The van der Waals surface area contributed by atoms with E-state index in [0.717, 1.165) is 12.1 Å². The van der Waals surface area contributed by atoms with E-state index in [4.69, 9.17) is 16.7 Å². The molecule has 0 spiro atoms. The van der Waals surface area contributed by atoms with Gasteiger partial charge in [0.2, 0.25) is 0 Å². The van der Waals surface area contributed by atoms with E-state index in [2.05, 4.69) is 4.74 Å². The Kier molecular flexibility index (Phi) is 4.09. The molecular weight excluding hydrogens is 309 g/mol. The van der Waals surface area contributed by atoms with Gasteiger partial charge in [-0.3, -0.25) is 0 Å². The van der Waals surface area contributed by atoms with Gasteiger partial charge in [-0.1, -0.05) is 29.8 Å². The third kappa shape index (κ3) is 3.88. The van der Waals surface area contributed by atoms with Gasteiger partial charge in [-0.25, -0.2) is 4.79 Å². The fraction of sp³-hybridized carbons (Fsp3) is 0.0714. The molecule has 0 aromatic heterocycles. The number of hydrogen-bond acceptors (Lipinski definition) is 2. The Morgan fingerprint density at radius 3 is 2.33 bits per heavy atom. The van der Waals surface area contributed by atoms with E-state index in [1.54, 1.807) is 24.3 Å². The van der Waals surface area contributed by atoms with Crippen LogP contribution >= 0.6 is 11.6 Å². The fourth-order valence-corrected chi connectivity index (χ4v) is 1.95. The van der Waals surface area contributed by atoms with E-state index in [-0.39, 0.29) is 0 Å². The molecule has 0 heterocycles. The van der Waals surface area contributed by atoms with Gasteiger partial charge in [0.1, 0.15) is 11.3 Å². The highest BCUT2D eigenvalue weighted by Crippen LogP contribution is 2.31. The monoisotopic (exact) mass is 316 g/mol. The molecule has 0 aliphatic heterocycles. The highest BCUT2D eigenvalue weighted by Gasteiger charge is 2.33. The zero-order valence-electron chi connectivity index (χ0n) is 10.3. The summed E-state index contributed by atoms with van der Waals surface area (Å²) in [7, 11) is 0. The molecule has 0 amide bonds. The summed E-state index contributed by atoms with van der Waals surface area (Å²) in [6.45, 7) is 0. The van der Waals surface area contributed by atoms with Crippen molar-refractivity contribution in [1.29, 1.82) is 0 Å². The van der Waals surface area contributed by atoms with Gasteiger partial charge >= 0.3 is 12.3 Å². The lowest BCUT2D eigenvalue weighted by atomic mass is 10.0. The molecule has 21 heavy (non-hydrogen) atoms. The van der Waals surface area contributed by atoms with Crippen molar-refractivity contribution < 1.29 is 27.8 Å². The molecule has 0 aliphatic carbocycles. The van der Waals surface area contributed by atoms with Crippen molar-refractivity contribution in [3.8, 4) is 16.9 Å². The SMILES string of the molecule is O=C(O)c1cc(-c2cccc(Cl)c2)ccc1OC(F)(F)F. The number of alkyl halides is 3. The molecule has 2 aromatic carbocycles. The second kappa shape index (κ2) is 5.65. The summed E-state index contributed by atoms with van der Waals surface area (Å²) in [5.41, 5.74) is 0.429. The highest BCUT2D eigenvalue weighted by molar-refractivity contribution is 6.30. The number of aromatic carboxylic acids is 1. The molecule has 0 saturated heterocycles. The van der Waals surface area contributed by atoms with Crippen LogP contribution in [0.15, 0.2) is 42.5 Å². The van der Waals surface area contributed by atoms with Gasteiger partial charge < -0.3 is 9.84 Å². The van der Waals surface area contributed by atoms with Crippen LogP contribution in [0.5, 0.6) is 5.75 Å². The van der Waals surface area contributed by atoms with Crippen LogP contribution in [0.2, 0.25) is 5.02 Å². The molecular formula is C14H8ClF3O3. The Labute approximate surface area is 122 Å². The summed E-state index contributed by atoms with van der Waals surface area (Å²) in [6.07, 6.45) is -4.96. The molecule has 110 valence electrons. The van der Waals surface area contributed by atoms with Crippen molar-refractivity contribution in [1.82, 2.24) is 0 Å². The Morgan fingerprint density at radius 2 is 1.76 bits per heavy atom. The summed E-state index contributed by atoms with van der Waals surface area (Å²) in [5, 5.41) is 9.45. The van der Waals surface area contributed by atoms with Crippen LogP contribution in [-0.2, 0) is 0 Å². The van der Waals surface area contributed by atoms with Crippen LogP contribution in [0, 0.1) is 0 Å². The van der Waals surface area contributed by atoms with Crippen molar-refractivity contribution in [2.75, 3.05) is 0 Å². The Bertz CT molecular complexity index is 683. The number of carbonyl (C=O) groups is 1. The van der Waals surface area contributed by atoms with Crippen LogP contribution in [0.4, 0.5) is 13.2 Å². The van der Waals surface area contributed by atoms with Gasteiger partial charge in [0.15, 0.2) is 0 Å². The average Bonchev–Trinajstić information content (AvgIpc) is 2.37. The topological polar surface area (TPSA) is 46.5 Å². The van der Waals surface area contributed by atoms with E-state index < -0.39 is 23.6 Å². The molecule has 0 aliphatic rings. The third-order valence-corrected chi connectivity index (χ3v) is 2.83. The van der Waals surface area contributed by atoms with Crippen molar-refractivity contribution in [3.05, 3.63) is 53.1 Å². The van der Waals surface area contributed by atoms with E-state index in [1.807, 2.05) is 0 Å². The van der Waals surface area contributed by atoms with Gasteiger partial charge in [-0.2, -0.15) is 0 Å². The Balaban J connectivity index is 2.48. The van der Waals surface area contributed by atoms with Crippen LogP contribution in [0.1, 0.15) is 10.4 Å². The van der Waals surface area contributed by atoms with Gasteiger partial charge in [0, 0.05) is 5.02 Å². The van der Waals surface area contributed by atoms with Gasteiger partial charge in [0.05, 0.1) is 0 Å². The Hall–Kier alpha value is -2.21. The van der Waals surface area contributed by atoms with Crippen LogP contribution < -0.4 is 4.74 Å². The van der Waals surface area contributed by atoms with Gasteiger partial charge in [0.25, 0.3) is 0 Å². The number of carboxylic acids is 1. The molecule has 2 rings (SSSR count). The highest BCUT2D eigenvalue weighted by atomic mass is 35.5. The molecule has 0 atom stereocenters. The summed E-state index contributed by atoms with van der Waals surface area (Å²) in [5.74, 6) is -2.28. The molecule has 0 fully saturated rings. The molecule has 1 N–H and O–H groups in total. The van der Waals surface area contributed by atoms with Crippen LogP contribution in [-0.4, -0.2) is 17.4 Å². The average molecular weight is 317 g/mol. The Morgan fingerprint density at radius 1 is 1.10 bits per heavy atom. The van der Waals surface area contributed by atoms with Crippen LogP contribution in [0.3, 0.4) is 0 Å². The third-order valence-electron chi connectivity index (χ3n) is 2.59. The van der Waals surface area contributed by atoms with Crippen molar-refractivity contribution in [2.45, 2.75) is 6.36 Å². The van der Waals surface area contributed by atoms with E-state index in [9.17, 15) is 18.0 Å². The number of ether oxygens (including phenoxy) is 1. The van der Waals surface area contributed by atoms with E-state index in [1.165, 1.54) is 6.07 Å². The predicted molar refractivity (Wildman–Crippen MR) is 70.5 cm³/mol. The molecule has 0 bridgehead atoms. The number of halogens is 4. The summed E-state index contributed by atoms with van der Waals surface area (Å²) in [4.78, 5) is 11.1. The van der Waals surface area contributed by atoms with Gasteiger partial charge in [-0.15, -0.1) is 13.2 Å².